The molecule has 0 radical (unpaired) electrons. The maximum atomic E-state index is 11.6. The highest BCUT2D eigenvalue weighted by Crippen LogP contribution is 2.44. The molecule has 0 bridgehead atoms. The van der Waals surface area contributed by atoms with Crippen molar-refractivity contribution in [1.82, 2.24) is 39.5 Å². The summed E-state index contributed by atoms with van der Waals surface area (Å²) in [5.41, 5.74) is 6.57. The molecule has 2 aromatic carbocycles. The van der Waals surface area contributed by atoms with Gasteiger partial charge in [0.05, 0.1) is 45.2 Å². The lowest BCUT2D eigenvalue weighted by atomic mass is 9.72. The number of benzene rings is 2. The minimum absolute atomic E-state index is 0.147. The lowest BCUT2D eigenvalue weighted by Crippen LogP contribution is -2.72. The van der Waals surface area contributed by atoms with Crippen LogP contribution in [0.25, 0.3) is 33.6 Å². The van der Waals surface area contributed by atoms with E-state index in [2.05, 4.69) is 20.4 Å². The highest BCUT2D eigenvalue weighted by atomic mass is 35.5. The van der Waals surface area contributed by atoms with Crippen LogP contribution in [0.1, 0.15) is 25.2 Å². The van der Waals surface area contributed by atoms with Gasteiger partial charge in [-0.2, -0.15) is 0 Å². The molecule has 52 heavy (non-hydrogen) atoms. The molecule has 4 aliphatic rings. The Bertz CT molecular complexity index is 1920. The van der Waals surface area contributed by atoms with Gasteiger partial charge in [-0.05, 0) is 0 Å². The quantitative estimate of drug-likeness (QED) is 0.243. The molecular weight excluding hydrogens is 699 g/mol. The summed E-state index contributed by atoms with van der Waals surface area (Å²) in [7, 11) is 3.70. The van der Waals surface area contributed by atoms with Crippen LogP contribution in [0.5, 0.6) is 0 Å². The van der Waals surface area contributed by atoms with E-state index in [0.717, 1.165) is 86.0 Å². The Kier molecular flexibility index (Phi) is 8.84. The maximum Gasteiger partial charge on any atom is 0.219 e. The van der Waals surface area contributed by atoms with Crippen molar-refractivity contribution in [3.05, 3.63) is 70.2 Å². The first kappa shape index (κ1) is 34.7. The van der Waals surface area contributed by atoms with Gasteiger partial charge >= 0.3 is 0 Å². The first-order valence-corrected chi connectivity index (χ1v) is 18.4. The van der Waals surface area contributed by atoms with Crippen molar-refractivity contribution < 1.29 is 9.59 Å². The zero-order chi connectivity index (χ0) is 36.4. The van der Waals surface area contributed by atoms with Crippen LogP contribution in [0.15, 0.2) is 48.8 Å². The highest BCUT2D eigenvalue weighted by molar-refractivity contribution is 6.39. The molecule has 2 N–H and O–H groups in total. The number of hydrogen-bond donors (Lipinski definition) is 2. The van der Waals surface area contributed by atoms with Crippen LogP contribution in [0.4, 0.5) is 11.6 Å². The summed E-state index contributed by atoms with van der Waals surface area (Å²) in [5, 5.41) is 7.50. The third kappa shape index (κ3) is 6.15. The van der Waals surface area contributed by atoms with Crippen LogP contribution >= 0.6 is 23.2 Å². The average molecular weight is 742 g/mol. The standard InChI is InChI=1S/C38H42Cl2N10O2/c1-23(51)49-19-37(20-49)15-47(16-37)13-31-35(41-3)45-29(11-43-31)27-9-5-7-25(33(27)39)26-8-6-10-28(34(26)40)30-12-44-32(36(42-4)46-30)14-48-17-38(18-48)21-50(22-38)24(2)52/h5-12H,13-22H2,1-4H3,(H,41,45)(H,42,46). The number of aromatic nitrogens is 4. The van der Waals surface area contributed by atoms with Crippen molar-refractivity contribution in [3.63, 3.8) is 0 Å². The number of carbonyl (C=O) groups is 2. The normalized spacial score (nSPS) is 18.7. The van der Waals surface area contributed by atoms with Crippen molar-refractivity contribution in [2.45, 2.75) is 26.9 Å². The summed E-state index contributed by atoms with van der Waals surface area (Å²) in [5.74, 6) is 1.71. The van der Waals surface area contributed by atoms with E-state index in [-0.39, 0.29) is 22.6 Å². The lowest BCUT2D eigenvalue weighted by Gasteiger charge is -2.60. The molecule has 4 aliphatic heterocycles. The van der Waals surface area contributed by atoms with Crippen molar-refractivity contribution in [3.8, 4) is 33.6 Å². The predicted molar refractivity (Wildman–Crippen MR) is 203 cm³/mol. The van der Waals surface area contributed by atoms with Gasteiger partial charge in [0.15, 0.2) is 0 Å². The summed E-state index contributed by atoms with van der Waals surface area (Å²) in [6.45, 7) is 11.8. The van der Waals surface area contributed by atoms with Gasteiger partial charge < -0.3 is 20.4 Å². The topological polar surface area (TPSA) is 123 Å². The van der Waals surface area contributed by atoms with Crippen molar-refractivity contribution in [2.24, 2.45) is 10.8 Å². The van der Waals surface area contributed by atoms with E-state index in [4.69, 9.17) is 43.1 Å². The number of carbonyl (C=O) groups excluding carboxylic acids is 2. The fraction of sp³-hybridized carbons (Fsp3) is 0.421. The zero-order valence-corrected chi connectivity index (χ0v) is 31.4. The Morgan fingerprint density at radius 3 is 1.35 bits per heavy atom. The van der Waals surface area contributed by atoms with E-state index >= 15 is 0 Å². The number of nitrogens with zero attached hydrogens (tertiary/aromatic N) is 8. The predicted octanol–water partition coefficient (Wildman–Crippen LogP) is 4.99. The van der Waals surface area contributed by atoms with Gasteiger partial charge in [-0.3, -0.25) is 29.4 Å². The fourth-order valence-electron chi connectivity index (χ4n) is 8.42. The molecule has 6 heterocycles. The molecule has 4 aromatic rings. The molecule has 0 atom stereocenters. The van der Waals surface area contributed by atoms with Crippen molar-refractivity contribution in [2.75, 3.05) is 77.1 Å². The smallest absolute Gasteiger partial charge is 0.219 e. The molecule has 2 spiro atoms. The molecule has 2 amide bonds. The first-order chi connectivity index (χ1) is 25.0. The Hall–Kier alpha value is -4.36. The monoisotopic (exact) mass is 740 g/mol. The fourth-order valence-corrected chi connectivity index (χ4v) is 9.07. The van der Waals surface area contributed by atoms with Crippen LogP contribution in [0, 0.1) is 10.8 Å². The number of halogens is 2. The third-order valence-electron chi connectivity index (χ3n) is 11.0. The summed E-state index contributed by atoms with van der Waals surface area (Å²) >= 11 is 14.3. The van der Waals surface area contributed by atoms with E-state index in [9.17, 15) is 9.59 Å². The molecule has 0 aliphatic carbocycles. The first-order valence-electron chi connectivity index (χ1n) is 17.6. The molecule has 270 valence electrons. The summed E-state index contributed by atoms with van der Waals surface area (Å²) < 4.78 is 0. The summed E-state index contributed by atoms with van der Waals surface area (Å²) in [6.07, 6.45) is 3.55. The van der Waals surface area contributed by atoms with Crippen LogP contribution < -0.4 is 10.6 Å². The number of nitrogens with one attached hydrogen (secondary N) is 2. The van der Waals surface area contributed by atoms with Gasteiger partial charge in [-0.15, -0.1) is 0 Å². The van der Waals surface area contributed by atoms with Gasteiger partial charge in [0.2, 0.25) is 11.8 Å². The molecule has 0 saturated carbocycles. The van der Waals surface area contributed by atoms with Crippen LogP contribution in [-0.4, -0.2) is 118 Å². The average Bonchev–Trinajstić information content (AvgIpc) is 3.06. The minimum atomic E-state index is 0.147. The number of rotatable bonds is 9. The molecule has 14 heteroatoms. The van der Waals surface area contributed by atoms with Gasteiger partial charge in [-0.25, -0.2) is 9.97 Å². The molecule has 2 aromatic heterocycles. The van der Waals surface area contributed by atoms with E-state index in [1.54, 1.807) is 26.2 Å². The van der Waals surface area contributed by atoms with Gasteiger partial charge in [0.25, 0.3) is 0 Å². The van der Waals surface area contributed by atoms with E-state index in [1.165, 1.54) is 0 Å². The highest BCUT2D eigenvalue weighted by Gasteiger charge is 2.53. The van der Waals surface area contributed by atoms with Gasteiger partial charge in [0, 0.05) is 126 Å². The number of likely N-dealkylation sites (tertiary alicyclic amines) is 4. The Morgan fingerprint density at radius 2 is 1.00 bits per heavy atom. The van der Waals surface area contributed by atoms with E-state index in [0.29, 0.717) is 46.2 Å². The second kappa shape index (κ2) is 13.2. The van der Waals surface area contributed by atoms with Crippen molar-refractivity contribution in [1.29, 1.82) is 0 Å². The largest absolute Gasteiger partial charge is 0.372 e. The number of hydrogen-bond acceptors (Lipinski definition) is 10. The van der Waals surface area contributed by atoms with E-state index in [1.807, 2.05) is 60.3 Å². The Labute approximate surface area is 313 Å². The van der Waals surface area contributed by atoms with Crippen LogP contribution in [-0.2, 0) is 22.7 Å². The Balaban J connectivity index is 0.982. The third-order valence-corrected chi connectivity index (χ3v) is 11.8. The minimum Gasteiger partial charge on any atom is -0.372 e. The van der Waals surface area contributed by atoms with Gasteiger partial charge in [-0.1, -0.05) is 59.6 Å². The Morgan fingerprint density at radius 1 is 0.635 bits per heavy atom. The molecule has 12 nitrogen and oxygen atoms in total. The van der Waals surface area contributed by atoms with Crippen LogP contribution in [0.2, 0.25) is 10.0 Å². The molecule has 4 fully saturated rings. The molecule has 0 unspecified atom stereocenters. The van der Waals surface area contributed by atoms with Gasteiger partial charge in [0.1, 0.15) is 11.6 Å². The SMILES string of the molecule is CNc1nc(-c2cccc(-c3cccc(-c4cnc(CN5CC6(C5)CN(C(C)=O)C6)c(NC)n4)c3Cl)c2Cl)cnc1CN1CC2(C1)CN(C(C)=O)C2. The lowest BCUT2D eigenvalue weighted by molar-refractivity contribution is -0.158. The molecule has 4 saturated heterocycles. The maximum absolute atomic E-state index is 11.6. The molecular formula is C38H42Cl2N10O2. The second-order valence-corrected chi connectivity index (χ2v) is 15.7. The zero-order valence-electron chi connectivity index (χ0n) is 29.8. The number of anilines is 2. The second-order valence-electron chi connectivity index (χ2n) is 15.0. The summed E-state index contributed by atoms with van der Waals surface area (Å²) in [4.78, 5) is 51.3. The molecule has 8 rings (SSSR count). The van der Waals surface area contributed by atoms with Crippen LogP contribution in [0.3, 0.4) is 0 Å². The van der Waals surface area contributed by atoms with E-state index < -0.39 is 0 Å². The number of amides is 2. The summed E-state index contributed by atoms with van der Waals surface area (Å²) in [6, 6.07) is 11.7. The van der Waals surface area contributed by atoms with Crippen molar-refractivity contribution >= 4 is 46.7 Å².